The van der Waals surface area contributed by atoms with E-state index in [9.17, 15) is 13.2 Å². The summed E-state index contributed by atoms with van der Waals surface area (Å²) >= 11 is 5.88. The number of halogens is 1. The zero-order valence-corrected chi connectivity index (χ0v) is 15.6. The maximum atomic E-state index is 12.6. The number of carbonyl (C=O) groups excluding carboxylic acids is 1. The first-order valence-electron chi connectivity index (χ1n) is 8.02. The molecular weight excluding hydrogens is 350 g/mol. The number of piperazine rings is 1. The molecule has 0 spiro atoms. The first-order chi connectivity index (χ1) is 11.2. The average Bonchev–Trinajstić information content (AvgIpc) is 2.53. The molecule has 134 valence electrons. The minimum Gasteiger partial charge on any atom is -0.339 e. The van der Waals surface area contributed by atoms with Gasteiger partial charge in [-0.1, -0.05) is 31.5 Å². The molecule has 0 aliphatic carbocycles. The summed E-state index contributed by atoms with van der Waals surface area (Å²) in [4.78, 5) is 14.1. The van der Waals surface area contributed by atoms with Crippen molar-refractivity contribution in [2.75, 3.05) is 26.2 Å². The number of rotatable bonds is 5. The lowest BCUT2D eigenvalue weighted by molar-refractivity contribution is -0.134. The molecule has 2 rings (SSSR count). The number of hydrogen-bond acceptors (Lipinski definition) is 4. The number of benzene rings is 1. The van der Waals surface area contributed by atoms with Gasteiger partial charge in [0.25, 0.3) is 0 Å². The van der Waals surface area contributed by atoms with Gasteiger partial charge in [0.1, 0.15) is 0 Å². The van der Waals surface area contributed by atoms with Gasteiger partial charge in [-0.15, -0.1) is 0 Å². The van der Waals surface area contributed by atoms with E-state index in [4.69, 9.17) is 17.3 Å². The highest BCUT2D eigenvalue weighted by Gasteiger charge is 2.31. The van der Waals surface area contributed by atoms with E-state index in [2.05, 4.69) is 0 Å². The standard InChI is InChI=1S/C16H24ClN3O3S/c1-12(2)10-15(18)16(21)19-6-8-20(9-7-19)24(22,23)14-5-3-4-13(17)11-14/h3-5,11-12,15H,6-10,18H2,1-2H3/t15-/m0/s1. The van der Waals surface area contributed by atoms with Crippen molar-refractivity contribution in [2.24, 2.45) is 11.7 Å². The van der Waals surface area contributed by atoms with Crippen molar-refractivity contribution in [3.05, 3.63) is 29.3 Å². The lowest BCUT2D eigenvalue weighted by atomic mass is 10.0. The lowest BCUT2D eigenvalue weighted by Gasteiger charge is -2.35. The predicted octanol–water partition coefficient (Wildman–Crippen LogP) is 1.55. The Balaban J connectivity index is 2.01. The van der Waals surface area contributed by atoms with Crippen LogP contribution >= 0.6 is 11.6 Å². The highest BCUT2D eigenvalue weighted by atomic mass is 35.5. The van der Waals surface area contributed by atoms with E-state index in [0.717, 1.165) is 0 Å². The Bertz CT molecular complexity index is 686. The minimum atomic E-state index is -3.59. The van der Waals surface area contributed by atoms with E-state index in [1.165, 1.54) is 16.4 Å². The summed E-state index contributed by atoms with van der Waals surface area (Å²) in [5.41, 5.74) is 5.94. The molecule has 1 heterocycles. The summed E-state index contributed by atoms with van der Waals surface area (Å²) in [7, 11) is -3.59. The minimum absolute atomic E-state index is 0.108. The summed E-state index contributed by atoms with van der Waals surface area (Å²) in [6.45, 7) is 5.25. The van der Waals surface area contributed by atoms with Crippen molar-refractivity contribution in [2.45, 2.75) is 31.2 Å². The molecule has 2 N–H and O–H groups in total. The number of hydrogen-bond donors (Lipinski definition) is 1. The molecule has 0 radical (unpaired) electrons. The Morgan fingerprint density at radius 1 is 1.25 bits per heavy atom. The fourth-order valence-electron chi connectivity index (χ4n) is 2.77. The summed E-state index contributed by atoms with van der Waals surface area (Å²) in [5, 5.41) is 0.379. The zero-order valence-electron chi connectivity index (χ0n) is 14.0. The van der Waals surface area contributed by atoms with Gasteiger partial charge < -0.3 is 10.6 Å². The van der Waals surface area contributed by atoms with Crippen LogP contribution in [0.4, 0.5) is 0 Å². The molecule has 1 aliphatic heterocycles. The quantitative estimate of drug-likeness (QED) is 0.848. The molecule has 1 amide bonds. The van der Waals surface area contributed by atoms with Gasteiger partial charge in [0.05, 0.1) is 10.9 Å². The third-order valence-corrected chi connectivity index (χ3v) is 6.16. The van der Waals surface area contributed by atoms with Gasteiger partial charge >= 0.3 is 0 Å². The van der Waals surface area contributed by atoms with Crippen LogP contribution in [0.25, 0.3) is 0 Å². The largest absolute Gasteiger partial charge is 0.339 e. The van der Waals surface area contributed by atoms with E-state index in [-0.39, 0.29) is 23.9 Å². The summed E-state index contributed by atoms with van der Waals surface area (Å²) in [5.74, 6) is 0.233. The second-order valence-corrected chi connectivity index (χ2v) is 8.80. The van der Waals surface area contributed by atoms with E-state index >= 15 is 0 Å². The molecule has 0 aromatic heterocycles. The van der Waals surface area contributed by atoms with Gasteiger partial charge in [-0.05, 0) is 30.5 Å². The molecule has 6 nitrogen and oxygen atoms in total. The van der Waals surface area contributed by atoms with Crippen LogP contribution in [0.3, 0.4) is 0 Å². The number of sulfonamides is 1. The van der Waals surface area contributed by atoms with E-state index < -0.39 is 16.1 Å². The van der Waals surface area contributed by atoms with Crippen molar-refractivity contribution in [3.63, 3.8) is 0 Å². The van der Waals surface area contributed by atoms with Crippen molar-refractivity contribution >= 4 is 27.5 Å². The topological polar surface area (TPSA) is 83.7 Å². The van der Waals surface area contributed by atoms with Gasteiger partial charge in [-0.3, -0.25) is 4.79 Å². The number of nitrogens with two attached hydrogens (primary N) is 1. The number of nitrogens with zero attached hydrogens (tertiary/aromatic N) is 2. The van der Waals surface area contributed by atoms with Gasteiger partial charge in [-0.25, -0.2) is 8.42 Å². The molecular formula is C16H24ClN3O3S. The lowest BCUT2D eigenvalue weighted by Crippen LogP contribution is -2.54. The Morgan fingerprint density at radius 3 is 2.42 bits per heavy atom. The van der Waals surface area contributed by atoms with Crippen molar-refractivity contribution in [1.29, 1.82) is 0 Å². The number of carbonyl (C=O) groups is 1. The second-order valence-electron chi connectivity index (χ2n) is 6.42. The van der Waals surface area contributed by atoms with Gasteiger partial charge in [0.2, 0.25) is 15.9 Å². The molecule has 1 aliphatic rings. The fourth-order valence-corrected chi connectivity index (χ4v) is 4.49. The highest BCUT2D eigenvalue weighted by molar-refractivity contribution is 7.89. The molecule has 0 unspecified atom stereocenters. The summed E-state index contributed by atoms with van der Waals surface area (Å²) < 4.78 is 26.7. The summed E-state index contributed by atoms with van der Waals surface area (Å²) in [6.07, 6.45) is 0.625. The molecule has 1 atom stereocenters. The first-order valence-corrected chi connectivity index (χ1v) is 9.83. The van der Waals surface area contributed by atoms with Gasteiger partial charge in [-0.2, -0.15) is 4.31 Å². The van der Waals surface area contributed by atoms with Crippen molar-refractivity contribution in [3.8, 4) is 0 Å². The Hall–Kier alpha value is -1.15. The Kier molecular flexibility index (Phi) is 6.25. The molecule has 1 fully saturated rings. The molecule has 0 saturated carbocycles. The van der Waals surface area contributed by atoms with E-state index in [0.29, 0.717) is 30.5 Å². The first kappa shape index (κ1) is 19.2. The third-order valence-electron chi connectivity index (χ3n) is 4.03. The predicted molar refractivity (Wildman–Crippen MR) is 94.2 cm³/mol. The van der Waals surface area contributed by atoms with Crippen LogP contribution in [-0.4, -0.2) is 55.8 Å². The molecule has 1 aromatic rings. The van der Waals surface area contributed by atoms with Gasteiger partial charge in [0, 0.05) is 31.2 Å². The molecule has 1 saturated heterocycles. The molecule has 1 aromatic carbocycles. The van der Waals surface area contributed by atoms with Crippen molar-refractivity contribution < 1.29 is 13.2 Å². The SMILES string of the molecule is CC(C)C[C@H](N)C(=O)N1CCN(S(=O)(=O)c2cccc(Cl)c2)CC1. The monoisotopic (exact) mass is 373 g/mol. The van der Waals surface area contributed by atoms with Crippen molar-refractivity contribution in [1.82, 2.24) is 9.21 Å². The third kappa shape index (κ3) is 4.47. The van der Waals surface area contributed by atoms with Crippen LogP contribution in [0.5, 0.6) is 0 Å². The highest BCUT2D eigenvalue weighted by Crippen LogP contribution is 2.21. The smallest absolute Gasteiger partial charge is 0.243 e. The van der Waals surface area contributed by atoms with E-state index in [1.807, 2.05) is 13.8 Å². The normalized spacial score (nSPS) is 18.0. The van der Waals surface area contributed by atoms with Crippen LogP contribution in [0.1, 0.15) is 20.3 Å². The number of amides is 1. The molecule has 8 heteroatoms. The van der Waals surface area contributed by atoms with Gasteiger partial charge in [0.15, 0.2) is 0 Å². The second kappa shape index (κ2) is 7.82. The van der Waals surface area contributed by atoms with E-state index in [1.54, 1.807) is 17.0 Å². The fraction of sp³-hybridized carbons (Fsp3) is 0.562. The maximum absolute atomic E-state index is 12.6. The van der Waals surface area contributed by atoms with Crippen LogP contribution in [0.15, 0.2) is 29.2 Å². The summed E-state index contributed by atoms with van der Waals surface area (Å²) in [6, 6.07) is 5.68. The Morgan fingerprint density at radius 2 is 1.88 bits per heavy atom. The van der Waals surface area contributed by atoms with Crippen LogP contribution in [0.2, 0.25) is 5.02 Å². The van der Waals surface area contributed by atoms with Crippen LogP contribution < -0.4 is 5.73 Å². The van der Waals surface area contributed by atoms with Crippen LogP contribution in [0, 0.1) is 5.92 Å². The van der Waals surface area contributed by atoms with Crippen LogP contribution in [-0.2, 0) is 14.8 Å². The average molecular weight is 374 g/mol. The molecule has 0 bridgehead atoms. The zero-order chi connectivity index (χ0) is 17.9. The molecule has 24 heavy (non-hydrogen) atoms. The maximum Gasteiger partial charge on any atom is 0.243 e. The Labute approximate surface area is 148 Å².